The SMILES string of the molecule is COc1ccc(NC(=O)N2CCN(C(=O)c3cccs3)CC2C)cc1. The predicted molar refractivity (Wildman–Crippen MR) is 98.4 cm³/mol. The Hall–Kier alpha value is -2.54. The summed E-state index contributed by atoms with van der Waals surface area (Å²) in [4.78, 5) is 29.3. The molecule has 0 spiro atoms. The van der Waals surface area contributed by atoms with Crippen LogP contribution in [0.4, 0.5) is 10.5 Å². The van der Waals surface area contributed by atoms with E-state index in [9.17, 15) is 9.59 Å². The van der Waals surface area contributed by atoms with Crippen LogP contribution in [0.15, 0.2) is 41.8 Å². The maximum atomic E-state index is 12.5. The first-order chi connectivity index (χ1) is 12.1. The monoisotopic (exact) mass is 359 g/mol. The lowest BCUT2D eigenvalue weighted by atomic mass is 10.2. The zero-order chi connectivity index (χ0) is 17.8. The molecule has 6 nitrogen and oxygen atoms in total. The van der Waals surface area contributed by atoms with Gasteiger partial charge in [-0.15, -0.1) is 11.3 Å². The minimum absolute atomic E-state index is 0.0389. The van der Waals surface area contributed by atoms with E-state index in [0.29, 0.717) is 19.6 Å². The van der Waals surface area contributed by atoms with Gasteiger partial charge in [-0.3, -0.25) is 4.79 Å². The molecule has 1 N–H and O–H groups in total. The number of carbonyl (C=O) groups excluding carboxylic acids is 2. The van der Waals surface area contributed by atoms with Crippen LogP contribution in [0, 0.1) is 0 Å². The number of hydrogen-bond donors (Lipinski definition) is 1. The smallest absolute Gasteiger partial charge is 0.322 e. The van der Waals surface area contributed by atoms with E-state index in [0.717, 1.165) is 16.3 Å². The van der Waals surface area contributed by atoms with Crippen LogP contribution in [0.2, 0.25) is 0 Å². The highest BCUT2D eigenvalue weighted by Crippen LogP contribution is 2.19. The number of urea groups is 1. The number of thiophene rings is 1. The molecule has 0 aliphatic carbocycles. The zero-order valence-electron chi connectivity index (χ0n) is 14.3. The third-order valence-corrected chi connectivity index (χ3v) is 5.11. The van der Waals surface area contributed by atoms with Crippen LogP contribution in [0.1, 0.15) is 16.6 Å². The molecular weight excluding hydrogens is 338 g/mol. The molecule has 1 unspecified atom stereocenters. The highest BCUT2D eigenvalue weighted by atomic mass is 32.1. The molecule has 1 saturated heterocycles. The molecule has 3 amide bonds. The maximum absolute atomic E-state index is 12.5. The van der Waals surface area contributed by atoms with Gasteiger partial charge in [0.25, 0.3) is 5.91 Å². The Morgan fingerprint density at radius 3 is 2.56 bits per heavy atom. The molecule has 1 aromatic heterocycles. The van der Waals surface area contributed by atoms with Gasteiger partial charge in [0, 0.05) is 31.4 Å². The summed E-state index contributed by atoms with van der Waals surface area (Å²) in [5.74, 6) is 0.782. The van der Waals surface area contributed by atoms with E-state index in [4.69, 9.17) is 4.74 Å². The summed E-state index contributed by atoms with van der Waals surface area (Å²) in [6.07, 6.45) is 0. The molecule has 1 aromatic carbocycles. The van der Waals surface area contributed by atoms with Crippen LogP contribution < -0.4 is 10.1 Å². The van der Waals surface area contributed by atoms with Gasteiger partial charge in [-0.2, -0.15) is 0 Å². The summed E-state index contributed by atoms with van der Waals surface area (Å²) < 4.78 is 5.11. The molecule has 7 heteroatoms. The van der Waals surface area contributed by atoms with Gasteiger partial charge < -0.3 is 19.9 Å². The number of piperazine rings is 1. The second-order valence-corrected chi connectivity index (χ2v) is 6.88. The standard InChI is InChI=1S/C18H21N3O3S/c1-13-12-20(17(22)16-4-3-11-25-16)9-10-21(13)18(23)19-14-5-7-15(24-2)8-6-14/h3-8,11,13H,9-10,12H2,1-2H3,(H,19,23). The number of rotatable bonds is 3. The first kappa shape index (κ1) is 17.3. The van der Waals surface area contributed by atoms with Crippen molar-refractivity contribution in [1.29, 1.82) is 0 Å². The third-order valence-electron chi connectivity index (χ3n) is 4.25. The summed E-state index contributed by atoms with van der Waals surface area (Å²) in [6, 6.07) is 10.7. The maximum Gasteiger partial charge on any atom is 0.322 e. The van der Waals surface area contributed by atoms with Crippen molar-refractivity contribution in [1.82, 2.24) is 9.80 Å². The van der Waals surface area contributed by atoms with E-state index in [-0.39, 0.29) is 18.0 Å². The van der Waals surface area contributed by atoms with E-state index < -0.39 is 0 Å². The lowest BCUT2D eigenvalue weighted by molar-refractivity contribution is 0.0597. The van der Waals surface area contributed by atoms with E-state index in [1.54, 1.807) is 36.3 Å². The van der Waals surface area contributed by atoms with Gasteiger partial charge in [0.1, 0.15) is 5.75 Å². The van der Waals surface area contributed by atoms with Gasteiger partial charge in [0.05, 0.1) is 12.0 Å². The number of hydrogen-bond acceptors (Lipinski definition) is 4. The molecule has 0 saturated carbocycles. The molecule has 2 aromatic rings. The van der Waals surface area contributed by atoms with E-state index in [1.807, 2.05) is 29.3 Å². The summed E-state index contributed by atoms with van der Waals surface area (Å²) in [5, 5.41) is 4.79. The van der Waals surface area contributed by atoms with Crippen molar-refractivity contribution in [2.45, 2.75) is 13.0 Å². The van der Waals surface area contributed by atoms with E-state index in [1.165, 1.54) is 11.3 Å². The van der Waals surface area contributed by atoms with Crippen molar-refractivity contribution in [2.75, 3.05) is 32.1 Å². The Bertz CT molecular complexity index is 731. The minimum Gasteiger partial charge on any atom is -0.497 e. The van der Waals surface area contributed by atoms with Gasteiger partial charge in [-0.1, -0.05) is 6.07 Å². The number of nitrogens with one attached hydrogen (secondary N) is 1. The van der Waals surface area contributed by atoms with Gasteiger partial charge in [-0.05, 0) is 42.6 Å². The van der Waals surface area contributed by atoms with Crippen LogP contribution in [0.25, 0.3) is 0 Å². The number of methoxy groups -OCH3 is 1. The Morgan fingerprint density at radius 2 is 1.96 bits per heavy atom. The normalized spacial score (nSPS) is 17.3. The van der Waals surface area contributed by atoms with Crippen molar-refractivity contribution in [3.05, 3.63) is 46.7 Å². The molecule has 2 heterocycles. The average molecular weight is 359 g/mol. The van der Waals surface area contributed by atoms with Gasteiger partial charge >= 0.3 is 6.03 Å². The van der Waals surface area contributed by atoms with Crippen molar-refractivity contribution in [3.63, 3.8) is 0 Å². The van der Waals surface area contributed by atoms with Gasteiger partial charge in [0.15, 0.2) is 0 Å². The number of carbonyl (C=O) groups is 2. The summed E-state index contributed by atoms with van der Waals surface area (Å²) in [5.41, 5.74) is 0.718. The molecule has 25 heavy (non-hydrogen) atoms. The number of benzene rings is 1. The second-order valence-electron chi connectivity index (χ2n) is 5.93. The van der Waals surface area contributed by atoms with Crippen molar-refractivity contribution in [2.24, 2.45) is 0 Å². The fraction of sp³-hybridized carbons (Fsp3) is 0.333. The second kappa shape index (κ2) is 7.57. The molecule has 0 bridgehead atoms. The quantitative estimate of drug-likeness (QED) is 0.916. The average Bonchev–Trinajstić information content (AvgIpc) is 3.16. The summed E-state index contributed by atoms with van der Waals surface area (Å²) in [6.45, 7) is 3.55. The Labute approximate surface area is 151 Å². The zero-order valence-corrected chi connectivity index (χ0v) is 15.1. The van der Waals surface area contributed by atoms with Crippen molar-refractivity contribution < 1.29 is 14.3 Å². The number of amides is 3. The first-order valence-electron chi connectivity index (χ1n) is 8.13. The Balaban J connectivity index is 1.58. The topological polar surface area (TPSA) is 61.9 Å². The minimum atomic E-state index is -0.152. The lowest BCUT2D eigenvalue weighted by Gasteiger charge is -2.39. The largest absolute Gasteiger partial charge is 0.497 e. The molecular formula is C18H21N3O3S. The molecule has 132 valence electrons. The third kappa shape index (κ3) is 3.93. The van der Waals surface area contributed by atoms with Crippen LogP contribution in [-0.4, -0.2) is 54.5 Å². The summed E-state index contributed by atoms with van der Waals surface area (Å²) >= 11 is 1.44. The fourth-order valence-electron chi connectivity index (χ4n) is 2.87. The van der Waals surface area contributed by atoms with Crippen LogP contribution in [-0.2, 0) is 0 Å². The van der Waals surface area contributed by atoms with Crippen LogP contribution in [0.3, 0.4) is 0 Å². The molecule has 1 aliphatic heterocycles. The van der Waals surface area contributed by atoms with Gasteiger partial charge in [0.2, 0.25) is 0 Å². The lowest BCUT2D eigenvalue weighted by Crippen LogP contribution is -2.56. The Morgan fingerprint density at radius 1 is 1.20 bits per heavy atom. The number of ether oxygens (including phenoxy) is 1. The Kier molecular flexibility index (Phi) is 5.23. The molecule has 1 fully saturated rings. The first-order valence-corrected chi connectivity index (χ1v) is 9.01. The highest BCUT2D eigenvalue weighted by molar-refractivity contribution is 7.12. The van der Waals surface area contributed by atoms with Crippen LogP contribution in [0.5, 0.6) is 5.75 Å². The van der Waals surface area contributed by atoms with Crippen LogP contribution >= 0.6 is 11.3 Å². The highest BCUT2D eigenvalue weighted by Gasteiger charge is 2.30. The number of nitrogens with zero attached hydrogens (tertiary/aromatic N) is 2. The molecule has 1 atom stereocenters. The molecule has 0 radical (unpaired) electrons. The molecule has 1 aliphatic rings. The number of anilines is 1. The summed E-state index contributed by atoms with van der Waals surface area (Å²) in [7, 11) is 1.60. The van der Waals surface area contributed by atoms with Crippen molar-refractivity contribution in [3.8, 4) is 5.75 Å². The van der Waals surface area contributed by atoms with Gasteiger partial charge in [-0.25, -0.2) is 4.79 Å². The molecule has 3 rings (SSSR count). The van der Waals surface area contributed by atoms with E-state index >= 15 is 0 Å². The fourth-order valence-corrected chi connectivity index (χ4v) is 3.56. The predicted octanol–water partition coefficient (Wildman–Crippen LogP) is 3.14. The van der Waals surface area contributed by atoms with E-state index in [2.05, 4.69) is 5.32 Å². The van der Waals surface area contributed by atoms with Crippen molar-refractivity contribution >= 4 is 29.0 Å².